The van der Waals surface area contributed by atoms with Crippen LogP contribution in [-0.4, -0.2) is 76.6 Å². The Morgan fingerprint density at radius 3 is 1.80 bits per heavy atom. The SMILES string of the molecule is CC(C)C[C@H](NC(=O)[C@H](CC(N)=O)NC(=O)C(NC(=O)OC(C)(C)C)C(C)C)[C@@H](O)C[C@@H](C)C(=O)N[C@H](C(=O)NCc1ccccc1)C(C)C. The maximum Gasteiger partial charge on any atom is 0.408 e. The summed E-state index contributed by atoms with van der Waals surface area (Å²) < 4.78 is 5.26. The lowest BCUT2D eigenvalue weighted by Crippen LogP contribution is -2.58. The van der Waals surface area contributed by atoms with Crippen molar-refractivity contribution in [1.29, 1.82) is 0 Å². The zero-order chi connectivity index (χ0) is 38.3. The number of carbonyl (C=O) groups is 6. The Hall–Kier alpha value is -4.20. The van der Waals surface area contributed by atoms with Gasteiger partial charge in [0.2, 0.25) is 29.5 Å². The molecule has 0 heterocycles. The van der Waals surface area contributed by atoms with E-state index in [0.29, 0.717) is 13.0 Å². The molecule has 14 nitrogen and oxygen atoms in total. The summed E-state index contributed by atoms with van der Waals surface area (Å²) in [5.74, 6) is -4.50. The average Bonchev–Trinajstić information content (AvgIpc) is 2.99. The van der Waals surface area contributed by atoms with Crippen molar-refractivity contribution < 1.29 is 38.6 Å². The van der Waals surface area contributed by atoms with E-state index in [4.69, 9.17) is 10.5 Å². The Balaban J connectivity index is 3.02. The number of amides is 6. The molecule has 6 amide bonds. The van der Waals surface area contributed by atoms with Crippen LogP contribution in [0, 0.1) is 23.7 Å². The molecule has 0 aliphatic rings. The molecule has 0 radical (unpaired) electrons. The quantitative estimate of drug-likeness (QED) is 0.113. The zero-order valence-electron chi connectivity index (χ0n) is 31.3. The van der Waals surface area contributed by atoms with Crippen molar-refractivity contribution in [1.82, 2.24) is 26.6 Å². The lowest BCUT2D eigenvalue weighted by Gasteiger charge is -2.30. The number of rotatable bonds is 19. The van der Waals surface area contributed by atoms with Crippen LogP contribution < -0.4 is 32.3 Å². The maximum absolute atomic E-state index is 13.5. The largest absolute Gasteiger partial charge is 0.444 e. The molecule has 282 valence electrons. The first kappa shape index (κ1) is 43.8. The molecule has 1 unspecified atom stereocenters. The van der Waals surface area contributed by atoms with Gasteiger partial charge in [-0.05, 0) is 56.9 Å². The van der Waals surface area contributed by atoms with E-state index in [1.54, 1.807) is 41.5 Å². The molecule has 8 N–H and O–H groups in total. The summed E-state index contributed by atoms with van der Waals surface area (Å²) in [6.45, 7) is 17.7. The van der Waals surface area contributed by atoms with Gasteiger partial charge in [0.15, 0.2) is 0 Å². The van der Waals surface area contributed by atoms with Crippen LogP contribution in [0.4, 0.5) is 4.79 Å². The molecule has 1 rings (SSSR count). The van der Waals surface area contributed by atoms with Crippen LogP contribution in [0.2, 0.25) is 0 Å². The molecule has 0 aromatic heterocycles. The third kappa shape index (κ3) is 16.5. The fourth-order valence-electron chi connectivity index (χ4n) is 5.10. The number of aliphatic hydroxyl groups excluding tert-OH is 1. The summed E-state index contributed by atoms with van der Waals surface area (Å²) in [5, 5.41) is 24.7. The summed E-state index contributed by atoms with van der Waals surface area (Å²) >= 11 is 0. The molecule has 0 saturated heterocycles. The molecule has 0 fully saturated rings. The first-order chi connectivity index (χ1) is 23.1. The first-order valence-electron chi connectivity index (χ1n) is 17.3. The Morgan fingerprint density at radius 2 is 1.30 bits per heavy atom. The van der Waals surface area contributed by atoms with Gasteiger partial charge >= 0.3 is 6.09 Å². The second-order valence-electron chi connectivity index (χ2n) is 15.0. The monoisotopic (exact) mass is 704 g/mol. The van der Waals surface area contributed by atoms with Crippen molar-refractivity contribution in [2.45, 2.75) is 131 Å². The van der Waals surface area contributed by atoms with Crippen LogP contribution in [0.5, 0.6) is 0 Å². The molecule has 1 aromatic carbocycles. The minimum absolute atomic E-state index is 0.00486. The van der Waals surface area contributed by atoms with E-state index in [9.17, 15) is 33.9 Å². The smallest absolute Gasteiger partial charge is 0.408 e. The topological polar surface area (TPSA) is 218 Å². The molecule has 0 bridgehead atoms. The Labute approximate surface area is 296 Å². The predicted molar refractivity (Wildman–Crippen MR) is 190 cm³/mol. The zero-order valence-corrected chi connectivity index (χ0v) is 31.3. The molecule has 1 aromatic rings. The third-order valence-electron chi connectivity index (χ3n) is 7.78. The summed E-state index contributed by atoms with van der Waals surface area (Å²) in [5.41, 5.74) is 5.52. The molecule has 0 spiro atoms. The highest BCUT2D eigenvalue weighted by Crippen LogP contribution is 2.17. The van der Waals surface area contributed by atoms with Gasteiger partial charge < -0.3 is 42.2 Å². The fourth-order valence-corrected chi connectivity index (χ4v) is 5.10. The number of benzene rings is 1. The van der Waals surface area contributed by atoms with Crippen molar-refractivity contribution in [2.24, 2.45) is 29.4 Å². The Bertz CT molecular complexity index is 1280. The van der Waals surface area contributed by atoms with Gasteiger partial charge in [-0.15, -0.1) is 0 Å². The van der Waals surface area contributed by atoms with E-state index in [-0.39, 0.29) is 24.2 Å². The average molecular weight is 705 g/mol. The highest BCUT2D eigenvalue weighted by atomic mass is 16.6. The van der Waals surface area contributed by atoms with Gasteiger partial charge in [0.1, 0.15) is 23.7 Å². The number of hydrogen-bond donors (Lipinski definition) is 7. The molecule has 6 atom stereocenters. The number of nitrogens with one attached hydrogen (secondary N) is 5. The standard InChI is InChI=1S/C36H60N6O8/c1-20(2)16-25(27(43)17-23(7)31(45)41-29(21(3)4)33(47)38-19-24-14-12-11-13-15-24)39-32(46)26(18-28(37)44)40-34(48)30(22(5)6)42-35(49)50-36(8,9)10/h11-15,20-23,25-27,29-30,43H,16-19H2,1-10H3,(H2,37,44)(H,38,47)(H,39,46)(H,40,48)(H,41,45)(H,42,49)/t23-,25+,26+,27+,29+,30?/m1/s1. The van der Waals surface area contributed by atoms with E-state index in [1.165, 1.54) is 0 Å². The van der Waals surface area contributed by atoms with Crippen LogP contribution in [-0.2, 0) is 35.3 Å². The first-order valence-corrected chi connectivity index (χ1v) is 17.3. The summed E-state index contributed by atoms with van der Waals surface area (Å²) in [4.78, 5) is 77.3. The van der Waals surface area contributed by atoms with Crippen molar-refractivity contribution in [3.8, 4) is 0 Å². The van der Waals surface area contributed by atoms with Crippen LogP contribution in [0.3, 0.4) is 0 Å². The molecular weight excluding hydrogens is 644 g/mol. The lowest BCUT2D eigenvalue weighted by molar-refractivity contribution is -0.134. The molecule has 50 heavy (non-hydrogen) atoms. The van der Waals surface area contributed by atoms with E-state index in [2.05, 4.69) is 26.6 Å². The molecule has 14 heteroatoms. The maximum atomic E-state index is 13.5. The number of alkyl carbamates (subject to hydrolysis) is 1. The van der Waals surface area contributed by atoms with Gasteiger partial charge in [-0.1, -0.05) is 78.8 Å². The fraction of sp³-hybridized carbons (Fsp3) is 0.667. The second-order valence-corrected chi connectivity index (χ2v) is 15.0. The van der Waals surface area contributed by atoms with Crippen molar-refractivity contribution in [2.75, 3.05) is 0 Å². The van der Waals surface area contributed by atoms with Gasteiger partial charge in [-0.2, -0.15) is 0 Å². The Kier molecular flexibility index (Phi) is 17.9. The molecule has 0 saturated carbocycles. The minimum atomic E-state index is -1.41. The van der Waals surface area contributed by atoms with Crippen LogP contribution >= 0.6 is 0 Å². The van der Waals surface area contributed by atoms with Gasteiger partial charge in [-0.25, -0.2) is 4.79 Å². The molecular formula is C36H60N6O8. The van der Waals surface area contributed by atoms with Crippen LogP contribution in [0.15, 0.2) is 30.3 Å². The number of aliphatic hydroxyl groups is 1. The lowest BCUT2D eigenvalue weighted by atomic mass is 9.91. The van der Waals surface area contributed by atoms with Gasteiger partial charge in [0.05, 0.1) is 18.6 Å². The minimum Gasteiger partial charge on any atom is -0.444 e. The van der Waals surface area contributed by atoms with Crippen molar-refractivity contribution in [3.63, 3.8) is 0 Å². The van der Waals surface area contributed by atoms with Gasteiger partial charge in [0.25, 0.3) is 0 Å². The summed E-state index contributed by atoms with van der Waals surface area (Å²) in [6, 6.07) is 5.20. The van der Waals surface area contributed by atoms with Gasteiger partial charge in [0, 0.05) is 12.5 Å². The van der Waals surface area contributed by atoms with E-state index < -0.39 is 83.9 Å². The van der Waals surface area contributed by atoms with E-state index >= 15 is 0 Å². The number of primary amides is 1. The van der Waals surface area contributed by atoms with Crippen LogP contribution in [0.1, 0.15) is 94.1 Å². The number of nitrogens with two attached hydrogens (primary N) is 1. The number of hydrogen-bond acceptors (Lipinski definition) is 8. The van der Waals surface area contributed by atoms with Crippen LogP contribution in [0.25, 0.3) is 0 Å². The predicted octanol–water partition coefficient (Wildman–Crippen LogP) is 2.27. The van der Waals surface area contributed by atoms with E-state index in [0.717, 1.165) is 5.56 Å². The summed E-state index contributed by atoms with van der Waals surface area (Å²) in [7, 11) is 0. The highest BCUT2D eigenvalue weighted by Gasteiger charge is 2.34. The number of ether oxygens (including phenoxy) is 1. The summed E-state index contributed by atoms with van der Waals surface area (Å²) in [6.07, 6.45) is -2.31. The normalized spacial score (nSPS) is 15.2. The van der Waals surface area contributed by atoms with Gasteiger partial charge in [-0.3, -0.25) is 24.0 Å². The van der Waals surface area contributed by atoms with Crippen molar-refractivity contribution in [3.05, 3.63) is 35.9 Å². The van der Waals surface area contributed by atoms with Crippen molar-refractivity contribution >= 4 is 35.6 Å². The third-order valence-corrected chi connectivity index (χ3v) is 7.78. The molecule has 0 aliphatic heterocycles. The number of carbonyl (C=O) groups excluding carboxylic acids is 6. The second kappa shape index (κ2) is 20.5. The Morgan fingerprint density at radius 1 is 0.740 bits per heavy atom. The highest BCUT2D eigenvalue weighted by molar-refractivity contribution is 5.94. The molecule has 0 aliphatic carbocycles. The van der Waals surface area contributed by atoms with E-state index in [1.807, 2.05) is 58.0 Å².